The second-order valence-electron chi connectivity index (χ2n) is 5.67. The smallest absolute Gasteiger partial charge is 0.350 e. The molecular weight excluding hydrogens is 433 g/mol. The van der Waals surface area contributed by atoms with Gasteiger partial charge in [-0.05, 0) is 30.3 Å². The SMILES string of the molecule is NS(=O)(=O)c1cc(F)c(-c2c(-c3ccc(F)c(F)c3)noc2C(F)(F)F)cc1F. The van der Waals surface area contributed by atoms with Crippen molar-refractivity contribution in [2.75, 3.05) is 0 Å². The van der Waals surface area contributed by atoms with Gasteiger partial charge >= 0.3 is 6.18 Å². The molecule has 0 bridgehead atoms. The lowest BCUT2D eigenvalue weighted by molar-refractivity contribution is -0.154. The number of aromatic nitrogens is 1. The summed E-state index contributed by atoms with van der Waals surface area (Å²) in [6, 6.07) is 2.14. The molecule has 29 heavy (non-hydrogen) atoms. The molecule has 0 radical (unpaired) electrons. The summed E-state index contributed by atoms with van der Waals surface area (Å²) in [7, 11) is -4.72. The van der Waals surface area contributed by atoms with E-state index in [0.717, 1.165) is 6.07 Å². The number of sulfonamides is 1. The molecule has 2 N–H and O–H groups in total. The van der Waals surface area contributed by atoms with E-state index >= 15 is 0 Å². The number of halogens is 7. The van der Waals surface area contributed by atoms with Gasteiger partial charge in [-0.1, -0.05) is 5.16 Å². The Morgan fingerprint density at radius 3 is 2.10 bits per heavy atom. The van der Waals surface area contributed by atoms with E-state index in [2.05, 4.69) is 9.68 Å². The zero-order valence-electron chi connectivity index (χ0n) is 13.7. The molecule has 0 saturated carbocycles. The van der Waals surface area contributed by atoms with E-state index in [9.17, 15) is 39.2 Å². The molecule has 0 aliphatic carbocycles. The number of nitrogens with zero attached hydrogens (tertiary/aromatic N) is 1. The van der Waals surface area contributed by atoms with Crippen molar-refractivity contribution in [3.63, 3.8) is 0 Å². The van der Waals surface area contributed by atoms with Gasteiger partial charge in [-0.25, -0.2) is 31.1 Å². The number of alkyl halides is 3. The Morgan fingerprint density at radius 2 is 1.55 bits per heavy atom. The molecule has 0 fully saturated rings. The second kappa shape index (κ2) is 6.84. The van der Waals surface area contributed by atoms with E-state index < -0.39 is 72.5 Å². The van der Waals surface area contributed by atoms with Gasteiger partial charge in [0.15, 0.2) is 11.6 Å². The van der Waals surface area contributed by atoms with E-state index in [1.165, 1.54) is 0 Å². The van der Waals surface area contributed by atoms with Crippen LogP contribution in [0.4, 0.5) is 30.7 Å². The van der Waals surface area contributed by atoms with Gasteiger partial charge in [0.2, 0.25) is 15.8 Å². The first-order chi connectivity index (χ1) is 13.3. The largest absolute Gasteiger partial charge is 0.453 e. The van der Waals surface area contributed by atoms with Gasteiger partial charge in [0.25, 0.3) is 0 Å². The third-order valence-electron chi connectivity index (χ3n) is 3.74. The van der Waals surface area contributed by atoms with Crippen LogP contribution >= 0.6 is 0 Å². The molecule has 1 aromatic heterocycles. The Hall–Kier alpha value is -2.93. The normalized spacial score (nSPS) is 12.4. The van der Waals surface area contributed by atoms with Crippen LogP contribution in [0.15, 0.2) is 39.8 Å². The fraction of sp³-hybridized carbons (Fsp3) is 0.0625. The first kappa shape index (κ1) is 20.8. The minimum Gasteiger partial charge on any atom is -0.350 e. The van der Waals surface area contributed by atoms with Crippen LogP contribution in [0.1, 0.15) is 5.76 Å². The third kappa shape index (κ3) is 3.82. The van der Waals surface area contributed by atoms with Gasteiger partial charge in [-0.15, -0.1) is 0 Å². The van der Waals surface area contributed by atoms with E-state index in [1.54, 1.807) is 0 Å². The van der Waals surface area contributed by atoms with Crippen LogP contribution in [-0.2, 0) is 16.2 Å². The summed E-state index contributed by atoms with van der Waals surface area (Å²) in [5.41, 5.74) is -3.43. The van der Waals surface area contributed by atoms with Crippen molar-refractivity contribution in [3.05, 3.63) is 59.4 Å². The average Bonchev–Trinajstić information content (AvgIpc) is 3.03. The number of hydrogen-bond acceptors (Lipinski definition) is 4. The minimum atomic E-state index is -5.24. The molecule has 0 atom stereocenters. The summed E-state index contributed by atoms with van der Waals surface area (Å²) >= 11 is 0. The van der Waals surface area contributed by atoms with Crippen molar-refractivity contribution >= 4 is 10.0 Å². The standard InChI is InChI=1S/C16H7F7N2O3S/c17-8-2-1-6(3-10(8)19)14-13(15(28-25-14)16(21,22)23)7-4-11(20)12(5-9(7)18)29(24,26)27/h1-5H,(H2,24,26,27). The van der Waals surface area contributed by atoms with Crippen molar-refractivity contribution in [1.82, 2.24) is 5.16 Å². The van der Waals surface area contributed by atoms with Gasteiger partial charge in [0.1, 0.15) is 22.2 Å². The van der Waals surface area contributed by atoms with Crippen LogP contribution in [0.25, 0.3) is 22.4 Å². The van der Waals surface area contributed by atoms with Crippen LogP contribution in [0, 0.1) is 23.3 Å². The Bertz CT molecular complexity index is 1220. The Labute approximate surface area is 157 Å². The molecule has 5 nitrogen and oxygen atoms in total. The molecule has 154 valence electrons. The molecule has 1 heterocycles. The third-order valence-corrected chi connectivity index (χ3v) is 4.67. The zero-order chi connectivity index (χ0) is 21.7. The highest BCUT2D eigenvalue weighted by molar-refractivity contribution is 7.89. The lowest BCUT2D eigenvalue weighted by Crippen LogP contribution is -2.15. The van der Waals surface area contributed by atoms with Gasteiger partial charge in [0, 0.05) is 11.1 Å². The summed E-state index contributed by atoms with van der Waals surface area (Å²) in [6.07, 6.45) is -5.24. The molecule has 0 saturated heterocycles. The topological polar surface area (TPSA) is 86.2 Å². The second-order valence-corrected chi connectivity index (χ2v) is 7.20. The van der Waals surface area contributed by atoms with Crippen LogP contribution in [-0.4, -0.2) is 13.6 Å². The molecule has 0 aliphatic heterocycles. The summed E-state index contributed by atoms with van der Waals surface area (Å²) in [5.74, 6) is -7.87. The molecule has 13 heteroatoms. The maximum atomic E-state index is 14.5. The lowest BCUT2D eigenvalue weighted by atomic mass is 9.98. The van der Waals surface area contributed by atoms with Crippen LogP contribution in [0.2, 0.25) is 0 Å². The number of primary sulfonamides is 1. The Morgan fingerprint density at radius 1 is 0.897 bits per heavy atom. The van der Waals surface area contributed by atoms with Crippen molar-refractivity contribution < 1.29 is 43.7 Å². The fourth-order valence-electron chi connectivity index (χ4n) is 2.51. The highest BCUT2D eigenvalue weighted by Gasteiger charge is 2.42. The number of hydrogen-bond donors (Lipinski definition) is 1. The maximum Gasteiger partial charge on any atom is 0.453 e. The molecular formula is C16H7F7N2O3S. The highest BCUT2D eigenvalue weighted by atomic mass is 32.2. The highest BCUT2D eigenvalue weighted by Crippen LogP contribution is 2.44. The zero-order valence-corrected chi connectivity index (χ0v) is 14.5. The van der Waals surface area contributed by atoms with Gasteiger partial charge in [-0.2, -0.15) is 13.2 Å². The fourth-order valence-corrected chi connectivity index (χ4v) is 3.11. The van der Waals surface area contributed by atoms with Gasteiger partial charge in [-0.3, -0.25) is 0 Å². The minimum absolute atomic E-state index is 0.0855. The average molecular weight is 440 g/mol. The number of rotatable bonds is 3. The molecule has 2 aromatic carbocycles. The number of nitrogens with two attached hydrogens (primary N) is 1. The summed E-state index contributed by atoms with van der Waals surface area (Å²) < 4.78 is 122. The van der Waals surface area contributed by atoms with Crippen LogP contribution in [0.3, 0.4) is 0 Å². The Balaban J connectivity index is 2.35. The van der Waals surface area contributed by atoms with Crippen molar-refractivity contribution in [2.24, 2.45) is 5.14 Å². The molecule has 3 aromatic rings. The monoisotopic (exact) mass is 440 g/mol. The lowest BCUT2D eigenvalue weighted by Gasteiger charge is -2.10. The van der Waals surface area contributed by atoms with Crippen LogP contribution < -0.4 is 5.14 Å². The summed E-state index contributed by atoms with van der Waals surface area (Å²) in [4.78, 5) is -1.29. The van der Waals surface area contributed by atoms with Gasteiger partial charge in [0.05, 0.1) is 5.56 Å². The van der Waals surface area contributed by atoms with E-state index in [0.29, 0.717) is 12.1 Å². The molecule has 0 aliphatic rings. The first-order valence-corrected chi connectivity index (χ1v) is 8.90. The number of benzene rings is 2. The Kier molecular flexibility index (Phi) is 4.91. The predicted molar refractivity (Wildman–Crippen MR) is 83.6 cm³/mol. The van der Waals surface area contributed by atoms with E-state index in [4.69, 9.17) is 5.14 Å². The quantitative estimate of drug-likeness (QED) is 0.618. The van der Waals surface area contributed by atoms with Crippen molar-refractivity contribution in [3.8, 4) is 22.4 Å². The van der Waals surface area contributed by atoms with E-state index in [1.807, 2.05) is 0 Å². The summed E-state index contributed by atoms with van der Waals surface area (Å²) in [6.45, 7) is 0. The van der Waals surface area contributed by atoms with Gasteiger partial charge < -0.3 is 4.52 Å². The molecule has 3 rings (SSSR count). The van der Waals surface area contributed by atoms with Crippen molar-refractivity contribution in [1.29, 1.82) is 0 Å². The maximum absolute atomic E-state index is 14.5. The predicted octanol–water partition coefficient (Wildman–Crippen LogP) is 4.23. The van der Waals surface area contributed by atoms with E-state index in [-0.39, 0.29) is 12.1 Å². The summed E-state index contributed by atoms with van der Waals surface area (Å²) in [5, 5.41) is 7.85. The molecule has 0 amide bonds. The molecule has 0 unspecified atom stereocenters. The van der Waals surface area contributed by atoms with Crippen LogP contribution in [0.5, 0.6) is 0 Å². The molecule has 0 spiro atoms. The first-order valence-electron chi connectivity index (χ1n) is 7.35. The van der Waals surface area contributed by atoms with Crippen molar-refractivity contribution in [2.45, 2.75) is 11.1 Å².